The molecule has 3 aromatic rings. The van der Waals surface area contributed by atoms with E-state index in [2.05, 4.69) is 20.3 Å². The van der Waals surface area contributed by atoms with Gasteiger partial charge in [0.1, 0.15) is 12.4 Å². The molecule has 8 nitrogen and oxygen atoms in total. The van der Waals surface area contributed by atoms with E-state index >= 15 is 0 Å². The highest BCUT2D eigenvalue weighted by Crippen LogP contribution is 2.47. The molecule has 9 heteroatoms. The monoisotopic (exact) mass is 397 g/mol. The molecule has 2 fully saturated rings. The van der Waals surface area contributed by atoms with Crippen molar-refractivity contribution in [2.24, 2.45) is 0 Å². The summed E-state index contributed by atoms with van der Waals surface area (Å²) in [6.45, 7) is 0.788. The van der Waals surface area contributed by atoms with E-state index in [1.54, 1.807) is 18.3 Å². The SMILES string of the molecule is O=C1OCCN1c1ccnc(NC2(c3cc4cccc(Cl)c4[nH]c3=O)CC2)n1. The number of anilines is 2. The first-order valence-electron chi connectivity index (χ1n) is 8.93. The number of pyridine rings is 1. The van der Waals surface area contributed by atoms with E-state index < -0.39 is 11.6 Å². The van der Waals surface area contributed by atoms with E-state index in [-0.39, 0.29) is 5.56 Å². The van der Waals surface area contributed by atoms with Gasteiger partial charge in [-0.15, -0.1) is 0 Å². The van der Waals surface area contributed by atoms with Gasteiger partial charge in [0.05, 0.1) is 22.6 Å². The number of ether oxygens (including phenoxy) is 1. The van der Waals surface area contributed by atoms with Gasteiger partial charge in [-0.05, 0) is 31.0 Å². The number of aromatic amines is 1. The molecule has 1 saturated carbocycles. The lowest BCUT2D eigenvalue weighted by molar-refractivity contribution is 0.181. The van der Waals surface area contributed by atoms with Gasteiger partial charge in [-0.1, -0.05) is 23.7 Å². The van der Waals surface area contributed by atoms with Crippen molar-refractivity contribution in [3.63, 3.8) is 0 Å². The fourth-order valence-corrected chi connectivity index (χ4v) is 3.74. The van der Waals surface area contributed by atoms with Crippen molar-refractivity contribution in [1.82, 2.24) is 15.0 Å². The summed E-state index contributed by atoms with van der Waals surface area (Å²) in [6.07, 6.45) is 2.72. The molecule has 1 saturated heterocycles. The summed E-state index contributed by atoms with van der Waals surface area (Å²) in [6, 6.07) is 9.02. The number of fused-ring (bicyclic) bond motifs is 1. The quantitative estimate of drug-likeness (QED) is 0.701. The average molecular weight is 398 g/mol. The lowest BCUT2D eigenvalue weighted by Crippen LogP contribution is -2.29. The topological polar surface area (TPSA) is 100 Å². The number of benzene rings is 1. The molecular formula is C19H16ClN5O3. The van der Waals surface area contributed by atoms with Gasteiger partial charge in [0.15, 0.2) is 0 Å². The number of amides is 1. The maximum absolute atomic E-state index is 12.7. The first-order valence-corrected chi connectivity index (χ1v) is 9.31. The minimum atomic E-state index is -0.533. The summed E-state index contributed by atoms with van der Waals surface area (Å²) in [4.78, 5) is 37.5. The first kappa shape index (κ1) is 17.0. The van der Waals surface area contributed by atoms with Crippen LogP contribution in [0.15, 0.2) is 41.3 Å². The number of nitrogens with zero attached hydrogens (tertiary/aromatic N) is 3. The normalized spacial score (nSPS) is 17.6. The smallest absolute Gasteiger partial charge is 0.415 e. The number of cyclic esters (lactones) is 1. The Hall–Kier alpha value is -3.13. The van der Waals surface area contributed by atoms with Crippen LogP contribution < -0.4 is 15.8 Å². The Balaban J connectivity index is 1.49. The largest absolute Gasteiger partial charge is 0.447 e. The summed E-state index contributed by atoms with van der Waals surface area (Å²) < 4.78 is 4.96. The van der Waals surface area contributed by atoms with Crippen LogP contribution in [0.1, 0.15) is 18.4 Å². The number of H-pyrrole nitrogens is 1. The van der Waals surface area contributed by atoms with E-state index in [9.17, 15) is 9.59 Å². The summed E-state index contributed by atoms with van der Waals surface area (Å²) in [7, 11) is 0. The van der Waals surface area contributed by atoms with Gasteiger partial charge in [-0.3, -0.25) is 9.69 Å². The van der Waals surface area contributed by atoms with Crippen LogP contribution in [0.2, 0.25) is 5.02 Å². The number of carbonyl (C=O) groups is 1. The third-order valence-corrected chi connectivity index (χ3v) is 5.44. The van der Waals surface area contributed by atoms with Crippen molar-refractivity contribution in [2.45, 2.75) is 18.4 Å². The fourth-order valence-electron chi connectivity index (χ4n) is 3.51. The third kappa shape index (κ3) is 2.77. The van der Waals surface area contributed by atoms with E-state index in [1.807, 2.05) is 18.2 Å². The molecule has 0 radical (unpaired) electrons. The van der Waals surface area contributed by atoms with Crippen LogP contribution in [0, 0.1) is 0 Å². The van der Waals surface area contributed by atoms with E-state index in [1.165, 1.54) is 4.90 Å². The second-order valence-corrected chi connectivity index (χ2v) is 7.33. The van der Waals surface area contributed by atoms with Crippen LogP contribution in [-0.2, 0) is 10.3 Å². The second-order valence-electron chi connectivity index (χ2n) is 6.93. The summed E-state index contributed by atoms with van der Waals surface area (Å²) in [5.74, 6) is 0.829. The molecule has 1 aliphatic carbocycles. The Morgan fingerprint density at radius 2 is 2.11 bits per heavy atom. The van der Waals surface area contributed by atoms with Gasteiger partial charge in [0, 0.05) is 17.1 Å². The van der Waals surface area contributed by atoms with E-state index in [4.69, 9.17) is 16.3 Å². The lowest BCUT2D eigenvalue weighted by atomic mass is 10.0. The number of rotatable bonds is 4. The number of halogens is 1. The van der Waals surface area contributed by atoms with Gasteiger partial charge in [-0.25, -0.2) is 9.78 Å². The second kappa shape index (κ2) is 6.20. The Morgan fingerprint density at radius 3 is 2.86 bits per heavy atom. The van der Waals surface area contributed by atoms with Crippen molar-refractivity contribution >= 4 is 40.4 Å². The molecular weight excluding hydrogens is 382 g/mol. The first-order chi connectivity index (χ1) is 13.6. The Morgan fingerprint density at radius 1 is 1.25 bits per heavy atom. The van der Waals surface area contributed by atoms with Gasteiger partial charge in [0.2, 0.25) is 5.95 Å². The Bertz CT molecular complexity index is 1160. The minimum Gasteiger partial charge on any atom is -0.447 e. The lowest BCUT2D eigenvalue weighted by Gasteiger charge is -2.19. The zero-order chi connectivity index (χ0) is 19.3. The molecule has 1 aliphatic heterocycles. The molecule has 2 aromatic heterocycles. The van der Waals surface area contributed by atoms with Crippen molar-refractivity contribution < 1.29 is 9.53 Å². The third-order valence-electron chi connectivity index (χ3n) is 5.12. The van der Waals surface area contributed by atoms with Gasteiger partial charge in [0.25, 0.3) is 5.56 Å². The minimum absolute atomic E-state index is 0.190. The Labute approximate surface area is 164 Å². The van der Waals surface area contributed by atoms with Gasteiger partial charge < -0.3 is 15.0 Å². The molecule has 2 N–H and O–H groups in total. The standard InChI is InChI=1S/C19H16ClN5O3/c20-13-3-1-2-11-10-12(16(26)23-15(11)13)19(5-6-19)24-17-21-7-4-14(22-17)25-8-9-28-18(25)27/h1-4,7,10H,5-6,8-9H2,(H,23,26)(H,21,22,24). The van der Waals surface area contributed by atoms with Crippen LogP contribution in [0.25, 0.3) is 10.9 Å². The molecule has 1 amide bonds. The van der Waals surface area contributed by atoms with Gasteiger partial charge >= 0.3 is 6.09 Å². The number of para-hydroxylation sites is 1. The molecule has 3 heterocycles. The van der Waals surface area contributed by atoms with Crippen LogP contribution >= 0.6 is 11.6 Å². The molecule has 2 aliphatic rings. The highest BCUT2D eigenvalue weighted by molar-refractivity contribution is 6.35. The van der Waals surface area contributed by atoms with Crippen LogP contribution in [0.4, 0.5) is 16.6 Å². The zero-order valence-electron chi connectivity index (χ0n) is 14.7. The summed E-state index contributed by atoms with van der Waals surface area (Å²) in [5.41, 5.74) is 0.523. The van der Waals surface area contributed by atoms with E-state index in [0.29, 0.717) is 41.0 Å². The van der Waals surface area contributed by atoms with Crippen molar-refractivity contribution in [3.8, 4) is 0 Å². The number of aromatic nitrogens is 3. The van der Waals surface area contributed by atoms with E-state index in [0.717, 1.165) is 18.2 Å². The molecule has 0 spiro atoms. The molecule has 142 valence electrons. The molecule has 0 unspecified atom stereocenters. The zero-order valence-corrected chi connectivity index (χ0v) is 15.5. The highest BCUT2D eigenvalue weighted by Gasteiger charge is 2.47. The number of carbonyl (C=O) groups excluding carboxylic acids is 1. The molecule has 28 heavy (non-hydrogen) atoms. The van der Waals surface area contributed by atoms with Crippen molar-refractivity contribution in [3.05, 3.63) is 57.5 Å². The predicted molar refractivity (Wildman–Crippen MR) is 105 cm³/mol. The van der Waals surface area contributed by atoms with Gasteiger partial charge in [-0.2, -0.15) is 4.98 Å². The average Bonchev–Trinajstić information content (AvgIpc) is 3.33. The number of nitrogens with one attached hydrogen (secondary N) is 2. The molecule has 5 rings (SSSR count). The molecule has 0 bridgehead atoms. The maximum atomic E-state index is 12.7. The summed E-state index contributed by atoms with van der Waals surface area (Å²) >= 11 is 6.18. The highest BCUT2D eigenvalue weighted by atomic mass is 35.5. The van der Waals surface area contributed by atoms with Crippen LogP contribution in [0.3, 0.4) is 0 Å². The van der Waals surface area contributed by atoms with Crippen molar-refractivity contribution in [1.29, 1.82) is 0 Å². The number of hydrogen-bond acceptors (Lipinski definition) is 6. The molecule has 1 aromatic carbocycles. The predicted octanol–water partition coefficient (Wildman–Crippen LogP) is 3.03. The fraction of sp³-hybridized carbons (Fsp3) is 0.263. The van der Waals surface area contributed by atoms with Crippen LogP contribution in [0.5, 0.6) is 0 Å². The maximum Gasteiger partial charge on any atom is 0.415 e. The molecule has 0 atom stereocenters. The van der Waals surface area contributed by atoms with Crippen LogP contribution in [-0.4, -0.2) is 34.2 Å². The summed E-state index contributed by atoms with van der Waals surface area (Å²) in [5, 5.41) is 4.66. The van der Waals surface area contributed by atoms with Crippen molar-refractivity contribution in [2.75, 3.05) is 23.4 Å². The number of hydrogen-bond donors (Lipinski definition) is 2. The Kier molecular flexibility index (Phi) is 3.77.